The van der Waals surface area contributed by atoms with E-state index in [0.29, 0.717) is 11.2 Å². The molecule has 7 heteroatoms. The Labute approximate surface area is 150 Å². The van der Waals surface area contributed by atoms with E-state index in [-0.39, 0.29) is 17.0 Å². The topological polar surface area (TPSA) is 62.5 Å². The number of aromatic carboxylic acids is 1. The Morgan fingerprint density at radius 2 is 1.88 bits per heavy atom. The highest BCUT2D eigenvalue weighted by Gasteiger charge is 2.29. The molecule has 0 radical (unpaired) electrons. The van der Waals surface area contributed by atoms with E-state index in [1.54, 1.807) is 6.07 Å². The summed E-state index contributed by atoms with van der Waals surface area (Å²) in [7, 11) is 4.32. The summed E-state index contributed by atoms with van der Waals surface area (Å²) in [6, 6.07) is 3.13. The van der Waals surface area contributed by atoms with Crippen molar-refractivity contribution < 1.29 is 18.8 Å². The molecule has 2 fully saturated rings. The lowest BCUT2D eigenvalue weighted by Crippen LogP contribution is -2.55. The SMILES string of the molecule is C[N+]1(C)CCN(c2cc3c(cc2F)c(=O)c(C(=O)O)cn3C2CC2)CC1. The summed E-state index contributed by atoms with van der Waals surface area (Å²) in [5.41, 5.74) is 0.201. The van der Waals surface area contributed by atoms with E-state index in [1.807, 2.05) is 9.47 Å². The van der Waals surface area contributed by atoms with Crippen LogP contribution in [0.5, 0.6) is 0 Å². The number of quaternary nitrogens is 1. The van der Waals surface area contributed by atoms with E-state index in [9.17, 15) is 19.1 Å². The normalized spacial score (nSPS) is 19.7. The molecule has 2 heterocycles. The Morgan fingerprint density at radius 3 is 2.46 bits per heavy atom. The third kappa shape index (κ3) is 2.86. The van der Waals surface area contributed by atoms with Crippen LogP contribution in [0.1, 0.15) is 29.2 Å². The van der Waals surface area contributed by atoms with Gasteiger partial charge in [-0.1, -0.05) is 0 Å². The van der Waals surface area contributed by atoms with E-state index in [0.717, 1.165) is 43.5 Å². The molecule has 1 aliphatic carbocycles. The van der Waals surface area contributed by atoms with E-state index in [1.165, 1.54) is 12.3 Å². The molecule has 1 saturated carbocycles. The molecule has 0 amide bonds. The minimum absolute atomic E-state index is 0.145. The number of pyridine rings is 1. The lowest BCUT2D eigenvalue weighted by Gasteiger charge is -2.40. The van der Waals surface area contributed by atoms with E-state index in [4.69, 9.17) is 0 Å². The van der Waals surface area contributed by atoms with Crippen molar-refractivity contribution in [2.45, 2.75) is 18.9 Å². The summed E-state index contributed by atoms with van der Waals surface area (Å²) in [6.07, 6.45) is 3.31. The van der Waals surface area contributed by atoms with Crippen molar-refractivity contribution in [1.29, 1.82) is 0 Å². The van der Waals surface area contributed by atoms with Gasteiger partial charge in [-0.2, -0.15) is 0 Å². The van der Waals surface area contributed by atoms with Gasteiger partial charge in [0.15, 0.2) is 0 Å². The molecule has 0 spiro atoms. The first-order valence-electron chi connectivity index (χ1n) is 8.95. The quantitative estimate of drug-likeness (QED) is 0.852. The van der Waals surface area contributed by atoms with E-state index >= 15 is 0 Å². The second-order valence-electron chi connectivity index (χ2n) is 8.01. The van der Waals surface area contributed by atoms with Crippen LogP contribution in [0.3, 0.4) is 0 Å². The molecule has 1 aliphatic heterocycles. The summed E-state index contributed by atoms with van der Waals surface area (Å²) in [5, 5.41) is 9.46. The van der Waals surface area contributed by atoms with Crippen molar-refractivity contribution in [2.24, 2.45) is 0 Å². The fourth-order valence-corrected chi connectivity index (χ4v) is 3.66. The molecule has 1 N–H and O–H groups in total. The van der Waals surface area contributed by atoms with Crippen LogP contribution in [0.15, 0.2) is 23.1 Å². The third-order valence-electron chi connectivity index (χ3n) is 5.56. The number of hydrogen-bond donors (Lipinski definition) is 1. The number of benzene rings is 1. The molecule has 2 aromatic rings. The molecule has 1 aromatic heterocycles. The predicted molar refractivity (Wildman–Crippen MR) is 97.5 cm³/mol. The monoisotopic (exact) mass is 360 g/mol. The maximum absolute atomic E-state index is 14.8. The number of anilines is 1. The molecule has 0 atom stereocenters. The first-order valence-corrected chi connectivity index (χ1v) is 8.95. The number of halogens is 1. The number of rotatable bonds is 3. The van der Waals surface area contributed by atoms with Gasteiger partial charge in [-0.05, 0) is 25.0 Å². The smallest absolute Gasteiger partial charge is 0.341 e. The lowest BCUT2D eigenvalue weighted by atomic mass is 10.1. The number of carbonyl (C=O) groups is 1. The van der Waals surface area contributed by atoms with Crippen LogP contribution in [0, 0.1) is 5.82 Å². The molecule has 6 nitrogen and oxygen atoms in total. The maximum Gasteiger partial charge on any atom is 0.341 e. The van der Waals surface area contributed by atoms with Gasteiger partial charge in [-0.25, -0.2) is 9.18 Å². The number of piperazine rings is 1. The highest BCUT2D eigenvalue weighted by molar-refractivity contribution is 5.93. The molecule has 1 aromatic carbocycles. The van der Waals surface area contributed by atoms with Crippen molar-refractivity contribution in [3.05, 3.63) is 39.9 Å². The standard InChI is InChI=1S/C19H22FN3O3/c1-23(2)7-5-21(6-8-23)17-10-16-13(9-15(17)20)18(24)14(19(25)26)11-22(16)12-3-4-12/h9-12H,3-8H2,1-2H3/p+1. The number of carboxylic acids is 1. The van der Waals surface area contributed by atoms with Gasteiger partial charge in [0, 0.05) is 17.6 Å². The Kier molecular flexibility index (Phi) is 3.80. The highest BCUT2D eigenvalue weighted by Crippen LogP contribution is 2.38. The molecule has 0 unspecified atom stereocenters. The van der Waals surface area contributed by atoms with Gasteiger partial charge in [-0.15, -0.1) is 0 Å². The van der Waals surface area contributed by atoms with Crippen molar-refractivity contribution in [3.8, 4) is 0 Å². The first kappa shape index (κ1) is 17.0. The average molecular weight is 360 g/mol. The number of hydrogen-bond acceptors (Lipinski definition) is 3. The van der Waals surface area contributed by atoms with Gasteiger partial charge in [0.05, 0.1) is 51.5 Å². The van der Waals surface area contributed by atoms with Gasteiger partial charge in [0.2, 0.25) is 5.43 Å². The molecule has 4 rings (SSSR count). The van der Waals surface area contributed by atoms with Crippen LogP contribution < -0.4 is 10.3 Å². The highest BCUT2D eigenvalue weighted by atomic mass is 19.1. The number of aromatic nitrogens is 1. The van der Waals surface area contributed by atoms with Crippen LogP contribution in [0.25, 0.3) is 10.9 Å². The van der Waals surface area contributed by atoms with Crippen molar-refractivity contribution in [1.82, 2.24) is 4.57 Å². The summed E-state index contributed by atoms with van der Waals surface area (Å²) < 4.78 is 17.6. The molecule has 1 saturated heterocycles. The van der Waals surface area contributed by atoms with Crippen molar-refractivity contribution in [3.63, 3.8) is 0 Å². The second kappa shape index (κ2) is 5.81. The van der Waals surface area contributed by atoms with Crippen molar-refractivity contribution >= 4 is 22.6 Å². The number of fused-ring (bicyclic) bond motifs is 1. The van der Waals surface area contributed by atoms with Gasteiger partial charge in [0.25, 0.3) is 0 Å². The fourth-order valence-electron chi connectivity index (χ4n) is 3.66. The molecule has 2 aliphatic rings. The predicted octanol–water partition coefficient (Wildman–Crippen LogP) is 2.07. The molecular formula is C19H23FN3O3+. The minimum atomic E-state index is -1.27. The van der Waals surface area contributed by atoms with Gasteiger partial charge in [0.1, 0.15) is 11.4 Å². The van der Waals surface area contributed by atoms with Gasteiger partial charge >= 0.3 is 5.97 Å². The zero-order valence-electron chi connectivity index (χ0n) is 15.0. The summed E-state index contributed by atoms with van der Waals surface area (Å²) in [6.45, 7) is 3.34. The number of carboxylic acid groups (broad SMARTS) is 1. The molecule has 0 bridgehead atoms. The molecule has 138 valence electrons. The van der Waals surface area contributed by atoms with Gasteiger partial charge < -0.3 is 19.1 Å². The summed E-state index contributed by atoms with van der Waals surface area (Å²) in [4.78, 5) is 25.9. The third-order valence-corrected chi connectivity index (χ3v) is 5.56. The fraction of sp³-hybridized carbons (Fsp3) is 0.474. The second-order valence-corrected chi connectivity index (χ2v) is 8.01. The Balaban J connectivity index is 1.86. The molecular weight excluding hydrogens is 337 g/mol. The summed E-state index contributed by atoms with van der Waals surface area (Å²) >= 11 is 0. The average Bonchev–Trinajstić information content (AvgIpc) is 3.40. The molecule has 26 heavy (non-hydrogen) atoms. The minimum Gasteiger partial charge on any atom is -0.477 e. The van der Waals surface area contributed by atoms with Crippen LogP contribution in [0.2, 0.25) is 0 Å². The van der Waals surface area contributed by atoms with Crippen LogP contribution in [0.4, 0.5) is 10.1 Å². The Bertz CT molecular complexity index is 953. The Morgan fingerprint density at radius 1 is 1.23 bits per heavy atom. The summed E-state index contributed by atoms with van der Waals surface area (Å²) in [5.74, 6) is -1.74. The Hall–Kier alpha value is -2.41. The van der Waals surface area contributed by atoms with E-state index < -0.39 is 17.2 Å². The van der Waals surface area contributed by atoms with Crippen molar-refractivity contribution in [2.75, 3.05) is 45.2 Å². The first-order chi connectivity index (χ1) is 12.3. The van der Waals surface area contributed by atoms with Crippen LogP contribution >= 0.6 is 0 Å². The largest absolute Gasteiger partial charge is 0.477 e. The number of likely N-dealkylation sites (N-methyl/N-ethyl adjacent to an activating group) is 1. The van der Waals surface area contributed by atoms with Crippen LogP contribution in [-0.2, 0) is 0 Å². The zero-order valence-corrected chi connectivity index (χ0v) is 15.0. The zero-order chi connectivity index (χ0) is 18.6. The van der Waals surface area contributed by atoms with Gasteiger partial charge in [-0.3, -0.25) is 4.79 Å². The number of nitrogens with zero attached hydrogens (tertiary/aromatic N) is 3. The maximum atomic E-state index is 14.8. The van der Waals surface area contributed by atoms with E-state index in [2.05, 4.69) is 14.1 Å². The van der Waals surface area contributed by atoms with Crippen LogP contribution in [-0.4, -0.2) is 60.4 Å². The lowest BCUT2D eigenvalue weighted by molar-refractivity contribution is -0.890.